The van der Waals surface area contributed by atoms with Gasteiger partial charge in [0.25, 0.3) is 0 Å². The van der Waals surface area contributed by atoms with Gasteiger partial charge in [-0.2, -0.15) is 0 Å². The zero-order chi connectivity index (χ0) is 16.6. The maximum Gasteiger partial charge on any atom is 0.315 e. The van der Waals surface area contributed by atoms with Crippen molar-refractivity contribution >= 4 is 28.5 Å². The Morgan fingerprint density at radius 3 is 2.79 bits per heavy atom. The molecule has 2 fully saturated rings. The second kappa shape index (κ2) is 6.32. The number of hydrogen-bond acceptors (Lipinski definition) is 1. The van der Waals surface area contributed by atoms with E-state index in [1.165, 1.54) is 30.2 Å². The molecule has 128 valence electrons. The molecule has 4 rings (SSSR count). The van der Waals surface area contributed by atoms with E-state index < -0.39 is 0 Å². The lowest BCUT2D eigenvalue weighted by Gasteiger charge is -2.24. The van der Waals surface area contributed by atoms with Crippen molar-refractivity contribution in [1.82, 2.24) is 15.6 Å². The molecule has 1 aromatic carbocycles. The molecule has 0 radical (unpaired) electrons. The number of amides is 2. The first kappa shape index (κ1) is 15.8. The molecule has 2 amide bonds. The molecule has 5 heteroatoms. The number of aromatic nitrogens is 1. The van der Waals surface area contributed by atoms with Crippen LogP contribution in [0.1, 0.15) is 50.5 Å². The molecule has 1 heterocycles. The summed E-state index contributed by atoms with van der Waals surface area (Å²) < 4.78 is 0. The number of fused-ring (bicyclic) bond motifs is 1. The molecule has 0 spiro atoms. The minimum absolute atomic E-state index is 0.0222. The van der Waals surface area contributed by atoms with Crippen LogP contribution in [0.25, 0.3) is 10.9 Å². The Morgan fingerprint density at radius 2 is 2.04 bits per heavy atom. The van der Waals surface area contributed by atoms with Crippen molar-refractivity contribution < 1.29 is 4.79 Å². The highest BCUT2D eigenvalue weighted by molar-refractivity contribution is 6.31. The van der Waals surface area contributed by atoms with Gasteiger partial charge in [-0.05, 0) is 49.4 Å². The molecule has 2 aromatic rings. The molecular formula is C19H24ClN3O. The van der Waals surface area contributed by atoms with Crippen LogP contribution < -0.4 is 10.6 Å². The SMILES string of the molecule is O=C(NCC1(c2c[nH]c3ccc(Cl)cc23)CC1)NC1CCCCC1. The van der Waals surface area contributed by atoms with E-state index >= 15 is 0 Å². The minimum atomic E-state index is -0.0222. The van der Waals surface area contributed by atoms with Crippen LogP contribution in [0.15, 0.2) is 24.4 Å². The normalized spacial score (nSPS) is 20.0. The molecule has 1 aromatic heterocycles. The summed E-state index contributed by atoms with van der Waals surface area (Å²) >= 11 is 6.16. The Balaban J connectivity index is 1.42. The fourth-order valence-electron chi connectivity index (χ4n) is 3.96. The lowest BCUT2D eigenvalue weighted by molar-refractivity contribution is 0.231. The van der Waals surface area contributed by atoms with Crippen LogP contribution >= 0.6 is 11.6 Å². The summed E-state index contributed by atoms with van der Waals surface area (Å²) in [5, 5.41) is 8.16. The van der Waals surface area contributed by atoms with E-state index in [9.17, 15) is 4.79 Å². The van der Waals surface area contributed by atoms with Gasteiger partial charge in [-0.1, -0.05) is 30.9 Å². The van der Waals surface area contributed by atoms with Crippen molar-refractivity contribution in [3.05, 3.63) is 35.0 Å². The van der Waals surface area contributed by atoms with E-state index in [4.69, 9.17) is 11.6 Å². The zero-order valence-corrected chi connectivity index (χ0v) is 14.6. The minimum Gasteiger partial charge on any atom is -0.361 e. The number of H-pyrrole nitrogens is 1. The maximum absolute atomic E-state index is 12.2. The Morgan fingerprint density at radius 1 is 1.25 bits per heavy atom. The number of urea groups is 1. The summed E-state index contributed by atoms with van der Waals surface area (Å²) in [4.78, 5) is 15.5. The molecule has 0 atom stereocenters. The van der Waals surface area contributed by atoms with E-state index in [0.717, 1.165) is 36.2 Å². The van der Waals surface area contributed by atoms with Gasteiger partial charge in [0.05, 0.1) is 0 Å². The van der Waals surface area contributed by atoms with E-state index in [1.807, 2.05) is 18.2 Å². The third-order valence-corrected chi connectivity index (χ3v) is 5.83. The number of halogens is 1. The Labute approximate surface area is 147 Å². The summed E-state index contributed by atoms with van der Waals surface area (Å²) in [5.74, 6) is 0. The topological polar surface area (TPSA) is 56.9 Å². The molecule has 3 N–H and O–H groups in total. The van der Waals surface area contributed by atoms with Crippen LogP contribution in [0.5, 0.6) is 0 Å². The molecular weight excluding hydrogens is 322 g/mol. The molecule has 0 bridgehead atoms. The van der Waals surface area contributed by atoms with E-state index in [1.54, 1.807) is 0 Å². The molecule has 0 unspecified atom stereocenters. The van der Waals surface area contributed by atoms with Crippen molar-refractivity contribution in [2.24, 2.45) is 0 Å². The van der Waals surface area contributed by atoms with Crippen LogP contribution in [-0.4, -0.2) is 23.6 Å². The Kier molecular flexibility index (Phi) is 4.17. The fourth-order valence-corrected chi connectivity index (χ4v) is 4.13. The van der Waals surface area contributed by atoms with Gasteiger partial charge in [0.15, 0.2) is 0 Å². The van der Waals surface area contributed by atoms with Gasteiger partial charge in [0.2, 0.25) is 0 Å². The van der Waals surface area contributed by atoms with Gasteiger partial charge in [-0.25, -0.2) is 4.79 Å². The van der Waals surface area contributed by atoms with Gasteiger partial charge in [-0.15, -0.1) is 0 Å². The smallest absolute Gasteiger partial charge is 0.315 e. The van der Waals surface area contributed by atoms with Crippen molar-refractivity contribution in [1.29, 1.82) is 0 Å². The molecule has 0 aliphatic heterocycles. The third-order valence-electron chi connectivity index (χ3n) is 5.60. The first-order valence-electron chi connectivity index (χ1n) is 8.98. The number of carbonyl (C=O) groups is 1. The summed E-state index contributed by atoms with van der Waals surface area (Å²) in [6.07, 6.45) is 10.3. The monoisotopic (exact) mass is 345 g/mol. The maximum atomic E-state index is 12.2. The molecule has 2 aliphatic carbocycles. The number of rotatable bonds is 4. The summed E-state index contributed by atoms with van der Waals surface area (Å²) in [5.41, 5.74) is 2.44. The van der Waals surface area contributed by atoms with Gasteiger partial charge >= 0.3 is 6.03 Å². The number of carbonyl (C=O) groups excluding carboxylic acids is 1. The second-order valence-corrected chi connectivity index (χ2v) is 7.77. The quantitative estimate of drug-likeness (QED) is 0.751. The van der Waals surface area contributed by atoms with E-state index in [0.29, 0.717) is 12.6 Å². The van der Waals surface area contributed by atoms with E-state index in [-0.39, 0.29) is 11.4 Å². The van der Waals surface area contributed by atoms with Crippen molar-refractivity contribution in [2.75, 3.05) is 6.54 Å². The fraction of sp³-hybridized carbons (Fsp3) is 0.526. The van der Waals surface area contributed by atoms with Crippen molar-refractivity contribution in [3.63, 3.8) is 0 Å². The summed E-state index contributed by atoms with van der Waals surface area (Å²) in [6, 6.07) is 6.26. The average molecular weight is 346 g/mol. The number of hydrogen-bond donors (Lipinski definition) is 3. The lowest BCUT2D eigenvalue weighted by atomic mass is 9.95. The van der Waals surface area contributed by atoms with Crippen molar-refractivity contribution in [2.45, 2.75) is 56.4 Å². The lowest BCUT2D eigenvalue weighted by Crippen LogP contribution is -2.45. The molecule has 24 heavy (non-hydrogen) atoms. The van der Waals surface area contributed by atoms with Crippen LogP contribution in [0.4, 0.5) is 4.79 Å². The first-order valence-corrected chi connectivity index (χ1v) is 9.36. The van der Waals surface area contributed by atoms with Gasteiger partial charge < -0.3 is 15.6 Å². The van der Waals surface area contributed by atoms with E-state index in [2.05, 4.69) is 21.8 Å². The molecule has 2 aliphatic rings. The summed E-state index contributed by atoms with van der Waals surface area (Å²) in [6.45, 7) is 0.686. The third kappa shape index (κ3) is 3.12. The largest absolute Gasteiger partial charge is 0.361 e. The predicted molar refractivity (Wildman–Crippen MR) is 97.6 cm³/mol. The van der Waals surface area contributed by atoms with Crippen LogP contribution in [0, 0.1) is 0 Å². The second-order valence-electron chi connectivity index (χ2n) is 7.33. The van der Waals surface area contributed by atoms with Crippen LogP contribution in [-0.2, 0) is 5.41 Å². The van der Waals surface area contributed by atoms with Gasteiger partial charge in [0.1, 0.15) is 0 Å². The summed E-state index contributed by atoms with van der Waals surface area (Å²) in [7, 11) is 0. The first-order chi connectivity index (χ1) is 11.7. The highest BCUT2D eigenvalue weighted by Gasteiger charge is 2.46. The average Bonchev–Trinajstić information content (AvgIpc) is 3.26. The molecule has 0 saturated heterocycles. The standard InChI is InChI=1S/C19H24ClN3O/c20-13-6-7-17-15(10-13)16(11-21-17)19(8-9-19)12-22-18(24)23-14-4-2-1-3-5-14/h6-7,10-11,14,21H,1-5,8-9,12H2,(H2,22,23,24). The highest BCUT2D eigenvalue weighted by Crippen LogP contribution is 2.50. The number of aromatic amines is 1. The number of nitrogens with one attached hydrogen (secondary N) is 3. The Bertz CT molecular complexity index is 744. The highest BCUT2D eigenvalue weighted by atomic mass is 35.5. The molecule has 2 saturated carbocycles. The predicted octanol–water partition coefficient (Wildman–Crippen LogP) is 4.48. The zero-order valence-electron chi connectivity index (χ0n) is 13.8. The van der Waals surface area contributed by atoms with Crippen molar-refractivity contribution in [3.8, 4) is 0 Å². The van der Waals surface area contributed by atoms with Gasteiger partial charge in [0, 0.05) is 40.1 Å². The Hall–Kier alpha value is -1.68. The van der Waals surface area contributed by atoms with Crippen LogP contribution in [0.2, 0.25) is 5.02 Å². The number of benzene rings is 1. The van der Waals surface area contributed by atoms with Crippen LogP contribution in [0.3, 0.4) is 0 Å². The molecule has 4 nitrogen and oxygen atoms in total. The van der Waals surface area contributed by atoms with Gasteiger partial charge in [-0.3, -0.25) is 0 Å².